The third-order valence-corrected chi connectivity index (χ3v) is 3.57. The number of nitrogens with zero attached hydrogens (tertiary/aromatic N) is 1. The fourth-order valence-electron chi connectivity index (χ4n) is 2.44. The van der Waals surface area contributed by atoms with E-state index < -0.39 is 6.04 Å². The van der Waals surface area contributed by atoms with E-state index in [9.17, 15) is 9.59 Å². The van der Waals surface area contributed by atoms with Crippen LogP contribution in [-0.4, -0.2) is 49.1 Å². The van der Waals surface area contributed by atoms with Gasteiger partial charge in [-0.3, -0.25) is 14.5 Å². The van der Waals surface area contributed by atoms with Gasteiger partial charge < -0.3 is 14.8 Å². The molecule has 0 saturated carbocycles. The summed E-state index contributed by atoms with van der Waals surface area (Å²) in [4.78, 5) is 25.9. The monoisotopic (exact) mass is 306 g/mol. The second kappa shape index (κ2) is 7.79. The zero-order valence-corrected chi connectivity index (χ0v) is 13.0. The molecule has 0 radical (unpaired) electrons. The molecule has 1 amide bonds. The molecule has 6 heteroatoms. The van der Waals surface area contributed by atoms with Crippen molar-refractivity contribution in [2.24, 2.45) is 0 Å². The number of esters is 1. The molecule has 1 fully saturated rings. The largest absolute Gasteiger partial charge is 0.494 e. The van der Waals surface area contributed by atoms with E-state index in [4.69, 9.17) is 9.47 Å². The molecule has 2 rings (SSSR count). The Bertz CT molecular complexity index is 515. The first kappa shape index (κ1) is 16.3. The van der Waals surface area contributed by atoms with Crippen molar-refractivity contribution >= 4 is 17.6 Å². The molecule has 0 bridgehead atoms. The van der Waals surface area contributed by atoms with E-state index in [0.717, 1.165) is 12.3 Å². The fourth-order valence-corrected chi connectivity index (χ4v) is 2.44. The number of likely N-dealkylation sites (N-methyl/N-ethyl adjacent to an activating group) is 1. The van der Waals surface area contributed by atoms with Crippen molar-refractivity contribution in [1.82, 2.24) is 4.90 Å². The summed E-state index contributed by atoms with van der Waals surface area (Å²) >= 11 is 0. The molecule has 1 aromatic carbocycles. The summed E-state index contributed by atoms with van der Waals surface area (Å²) in [6, 6.07) is 6.65. The van der Waals surface area contributed by atoms with Gasteiger partial charge in [0.15, 0.2) is 0 Å². The van der Waals surface area contributed by atoms with Crippen LogP contribution in [0, 0.1) is 0 Å². The number of benzene rings is 1. The molecule has 0 spiro atoms. The lowest BCUT2D eigenvalue weighted by atomic mass is 10.1. The highest BCUT2D eigenvalue weighted by atomic mass is 16.5. The maximum Gasteiger partial charge on any atom is 0.323 e. The van der Waals surface area contributed by atoms with Crippen molar-refractivity contribution in [3.05, 3.63) is 24.3 Å². The molecular weight excluding hydrogens is 284 g/mol. The number of ether oxygens (including phenoxy) is 2. The number of cyclic esters (lactones) is 1. The van der Waals surface area contributed by atoms with E-state index in [1.54, 1.807) is 24.3 Å². The van der Waals surface area contributed by atoms with Crippen LogP contribution in [0.4, 0.5) is 5.69 Å². The van der Waals surface area contributed by atoms with Crippen LogP contribution in [0.2, 0.25) is 0 Å². The summed E-state index contributed by atoms with van der Waals surface area (Å²) in [6.07, 6.45) is 0.0971. The van der Waals surface area contributed by atoms with Gasteiger partial charge in [-0.2, -0.15) is 0 Å². The first-order chi connectivity index (χ1) is 10.6. The molecule has 22 heavy (non-hydrogen) atoms. The number of carbonyl (C=O) groups excluding carboxylic acids is 2. The molecule has 1 N–H and O–H groups in total. The second-order valence-electron chi connectivity index (χ2n) is 5.02. The number of hydrogen-bond donors (Lipinski definition) is 1. The lowest BCUT2D eigenvalue weighted by Crippen LogP contribution is -2.50. The third kappa shape index (κ3) is 4.21. The summed E-state index contributed by atoms with van der Waals surface area (Å²) in [5.74, 6) is 0.231. The van der Waals surface area contributed by atoms with Crippen LogP contribution in [0.1, 0.15) is 20.3 Å². The molecular formula is C16H22N2O4. The van der Waals surface area contributed by atoms with Crippen LogP contribution in [0.25, 0.3) is 0 Å². The van der Waals surface area contributed by atoms with Crippen LogP contribution in [-0.2, 0) is 14.3 Å². The molecule has 0 aliphatic carbocycles. The predicted octanol–water partition coefficient (Wildman–Crippen LogP) is 1.66. The average molecular weight is 306 g/mol. The molecule has 1 unspecified atom stereocenters. The van der Waals surface area contributed by atoms with Crippen molar-refractivity contribution in [3.63, 3.8) is 0 Å². The Morgan fingerprint density at radius 3 is 2.73 bits per heavy atom. The highest BCUT2D eigenvalue weighted by Crippen LogP contribution is 2.17. The number of nitrogens with one attached hydrogen (secondary N) is 1. The molecule has 1 aliphatic heterocycles. The number of amides is 1. The first-order valence-electron chi connectivity index (χ1n) is 7.57. The van der Waals surface area contributed by atoms with E-state index >= 15 is 0 Å². The van der Waals surface area contributed by atoms with Gasteiger partial charge in [0.05, 0.1) is 13.0 Å². The molecule has 1 atom stereocenters. The molecule has 6 nitrogen and oxygen atoms in total. The predicted molar refractivity (Wildman–Crippen MR) is 82.9 cm³/mol. The molecule has 120 valence electrons. The summed E-state index contributed by atoms with van der Waals surface area (Å²) in [7, 11) is 0. The van der Waals surface area contributed by atoms with Crippen molar-refractivity contribution in [3.8, 4) is 5.75 Å². The number of rotatable bonds is 6. The molecule has 0 aromatic heterocycles. The molecule has 1 aliphatic rings. The first-order valence-corrected chi connectivity index (χ1v) is 7.57. The smallest absolute Gasteiger partial charge is 0.323 e. The fraction of sp³-hybridized carbons (Fsp3) is 0.500. The maximum atomic E-state index is 12.1. The summed E-state index contributed by atoms with van der Waals surface area (Å²) in [5.41, 5.74) is 0.681. The summed E-state index contributed by atoms with van der Waals surface area (Å²) in [6.45, 7) is 6.26. The zero-order valence-electron chi connectivity index (χ0n) is 13.0. The Kier molecular flexibility index (Phi) is 5.77. The van der Waals surface area contributed by atoms with E-state index in [1.165, 1.54) is 0 Å². The Morgan fingerprint density at radius 1 is 1.36 bits per heavy atom. The molecule has 1 heterocycles. The van der Waals surface area contributed by atoms with Crippen LogP contribution < -0.4 is 10.1 Å². The van der Waals surface area contributed by atoms with Crippen molar-refractivity contribution in [1.29, 1.82) is 0 Å². The minimum atomic E-state index is -0.499. The van der Waals surface area contributed by atoms with E-state index in [-0.39, 0.29) is 18.3 Å². The third-order valence-electron chi connectivity index (χ3n) is 3.57. The molecule has 1 saturated heterocycles. The molecule has 1 aromatic rings. The van der Waals surface area contributed by atoms with Crippen LogP contribution in [0.5, 0.6) is 5.75 Å². The van der Waals surface area contributed by atoms with Gasteiger partial charge in [-0.25, -0.2) is 0 Å². The highest BCUT2D eigenvalue weighted by Gasteiger charge is 2.32. The quantitative estimate of drug-likeness (QED) is 0.810. The maximum absolute atomic E-state index is 12.1. The summed E-state index contributed by atoms with van der Waals surface area (Å²) in [5, 5.41) is 2.79. The van der Waals surface area contributed by atoms with Crippen LogP contribution in [0.3, 0.4) is 0 Å². The van der Waals surface area contributed by atoms with E-state index in [2.05, 4.69) is 5.32 Å². The van der Waals surface area contributed by atoms with Gasteiger partial charge in [0.25, 0.3) is 0 Å². The normalized spacial score (nSPS) is 18.6. The highest BCUT2D eigenvalue weighted by molar-refractivity contribution is 5.94. The number of hydrogen-bond acceptors (Lipinski definition) is 5. The van der Waals surface area contributed by atoms with Crippen molar-refractivity contribution < 1.29 is 19.1 Å². The van der Waals surface area contributed by atoms with Crippen molar-refractivity contribution in [2.75, 3.05) is 31.6 Å². The minimum Gasteiger partial charge on any atom is -0.494 e. The minimum absolute atomic E-state index is 0.0971. The van der Waals surface area contributed by atoms with Crippen LogP contribution in [0.15, 0.2) is 24.3 Å². The number of anilines is 1. The van der Waals surface area contributed by atoms with Crippen LogP contribution >= 0.6 is 0 Å². The Hall–Kier alpha value is -2.08. The lowest BCUT2D eigenvalue weighted by molar-refractivity contribution is -0.158. The topological polar surface area (TPSA) is 67.9 Å². The van der Waals surface area contributed by atoms with E-state index in [0.29, 0.717) is 25.4 Å². The van der Waals surface area contributed by atoms with Gasteiger partial charge in [0.2, 0.25) is 5.91 Å². The lowest BCUT2D eigenvalue weighted by Gasteiger charge is -2.32. The number of carbonyl (C=O) groups is 2. The van der Waals surface area contributed by atoms with Gasteiger partial charge in [-0.1, -0.05) is 6.92 Å². The Balaban J connectivity index is 1.92. The second-order valence-corrected chi connectivity index (χ2v) is 5.02. The standard InChI is InChI=1S/C16H22N2O4/c1-3-18-9-10-22-16(20)14(18)11-15(19)17-12-5-7-13(8-6-12)21-4-2/h5-8,14H,3-4,9-11H2,1-2H3,(H,17,19). The van der Waals surface area contributed by atoms with Gasteiger partial charge in [0, 0.05) is 12.2 Å². The van der Waals surface area contributed by atoms with Gasteiger partial charge in [0.1, 0.15) is 18.4 Å². The van der Waals surface area contributed by atoms with Crippen molar-refractivity contribution in [2.45, 2.75) is 26.3 Å². The Labute approximate surface area is 130 Å². The zero-order chi connectivity index (χ0) is 15.9. The van der Waals surface area contributed by atoms with E-state index in [1.807, 2.05) is 18.7 Å². The Morgan fingerprint density at radius 2 is 2.09 bits per heavy atom. The van der Waals surface area contributed by atoms with Gasteiger partial charge >= 0.3 is 5.97 Å². The van der Waals surface area contributed by atoms with Gasteiger partial charge in [-0.05, 0) is 37.7 Å². The summed E-state index contributed by atoms with van der Waals surface area (Å²) < 4.78 is 10.4. The SMILES string of the molecule is CCOc1ccc(NC(=O)CC2C(=O)OCCN2CC)cc1. The van der Waals surface area contributed by atoms with Gasteiger partial charge in [-0.15, -0.1) is 0 Å². The number of morpholine rings is 1. The average Bonchev–Trinajstić information content (AvgIpc) is 2.51.